The lowest BCUT2D eigenvalue weighted by atomic mass is 10.1. The number of allylic oxidation sites excluding steroid dienone is 32. The second-order valence-corrected chi connectivity index (χ2v) is 23.8. The Morgan fingerprint density at radius 2 is 0.628 bits per heavy atom. The van der Waals surface area contributed by atoms with Crippen molar-refractivity contribution in [1.82, 2.24) is 0 Å². The minimum Gasteiger partial charge on any atom is -0.756 e. The fraction of sp³-hybridized carbons (Fsp3) is 0.553. The summed E-state index contributed by atoms with van der Waals surface area (Å²) in [5, 5.41) is 0. The summed E-state index contributed by atoms with van der Waals surface area (Å²) in [7, 11) is 1.10. The highest BCUT2D eigenvalue weighted by molar-refractivity contribution is 7.45. The predicted molar refractivity (Wildman–Crippen MR) is 369 cm³/mol. The highest BCUT2D eigenvalue weighted by atomic mass is 31.2. The van der Waals surface area contributed by atoms with Crippen LogP contribution in [0, 0.1) is 0 Å². The summed E-state index contributed by atoms with van der Waals surface area (Å²) in [5.74, 6) is -0.905. The van der Waals surface area contributed by atoms with Crippen molar-refractivity contribution in [2.45, 2.75) is 225 Å². The van der Waals surface area contributed by atoms with Gasteiger partial charge in [0.25, 0.3) is 7.82 Å². The van der Waals surface area contributed by atoms with Crippen LogP contribution in [-0.2, 0) is 32.7 Å². The van der Waals surface area contributed by atoms with E-state index in [1.807, 2.05) is 21.1 Å². The summed E-state index contributed by atoms with van der Waals surface area (Å²) in [6.45, 7) is 3.93. The van der Waals surface area contributed by atoms with Gasteiger partial charge >= 0.3 is 11.9 Å². The lowest BCUT2D eigenvalue weighted by Gasteiger charge is -2.28. The number of rotatable bonds is 58. The van der Waals surface area contributed by atoms with E-state index >= 15 is 0 Å². The van der Waals surface area contributed by atoms with Crippen LogP contribution in [0.5, 0.6) is 0 Å². The molecule has 86 heavy (non-hydrogen) atoms. The van der Waals surface area contributed by atoms with Crippen LogP contribution >= 0.6 is 7.82 Å². The van der Waals surface area contributed by atoms with Crippen LogP contribution in [0.4, 0.5) is 0 Å². The summed E-state index contributed by atoms with van der Waals surface area (Å²) >= 11 is 0. The molecule has 0 bridgehead atoms. The van der Waals surface area contributed by atoms with Crippen molar-refractivity contribution in [3.63, 3.8) is 0 Å². The largest absolute Gasteiger partial charge is 0.756 e. The Bertz CT molecular complexity index is 2150. The fourth-order valence-corrected chi connectivity index (χ4v) is 8.83. The van der Waals surface area contributed by atoms with Gasteiger partial charge in [0.2, 0.25) is 0 Å². The highest BCUT2D eigenvalue weighted by Gasteiger charge is 2.22. The van der Waals surface area contributed by atoms with Crippen LogP contribution in [0.2, 0.25) is 0 Å². The van der Waals surface area contributed by atoms with Crippen molar-refractivity contribution in [2.75, 3.05) is 47.5 Å². The van der Waals surface area contributed by atoms with Gasteiger partial charge in [0, 0.05) is 12.8 Å². The monoisotopic (exact) mass is 1210 g/mol. The molecule has 0 radical (unpaired) electrons. The van der Waals surface area contributed by atoms with Gasteiger partial charge in [0.15, 0.2) is 6.10 Å². The minimum absolute atomic E-state index is 0.0512. The van der Waals surface area contributed by atoms with E-state index in [0.717, 1.165) is 141 Å². The van der Waals surface area contributed by atoms with E-state index in [1.54, 1.807) is 0 Å². The van der Waals surface area contributed by atoms with Gasteiger partial charge in [-0.15, -0.1) is 0 Å². The Balaban J connectivity index is 4.25. The van der Waals surface area contributed by atoms with Gasteiger partial charge in [-0.3, -0.25) is 14.2 Å². The fourth-order valence-electron chi connectivity index (χ4n) is 8.10. The molecule has 0 rings (SSSR count). The van der Waals surface area contributed by atoms with Crippen molar-refractivity contribution in [3.05, 3.63) is 194 Å². The number of hydrogen-bond donors (Lipinski definition) is 0. The molecule has 0 amide bonds. The Hall–Kier alpha value is -5.15. The summed E-state index contributed by atoms with van der Waals surface area (Å²) in [6, 6.07) is 0. The first-order valence-corrected chi connectivity index (χ1v) is 34.6. The van der Waals surface area contributed by atoms with Crippen LogP contribution in [0.3, 0.4) is 0 Å². The standard InChI is InChI=1S/C76H120NO8P/c1-6-8-10-12-14-16-18-20-22-24-26-28-30-31-32-33-34-35-36-37-38-39-40-41-42-43-44-45-47-49-51-53-55-57-59-61-63-65-67-69-76(79)85-74(73-84-86(80,81)83-71-70-77(3,4)5)72-82-75(78)68-66-64-62-60-58-56-54-52-50-48-46-29-27-25-23-21-19-17-15-13-11-9-7-2/h8-11,14-17,20-23,26-29,31-32,34-35,37-38,40-41,43-44,47,49,53,55,59,61,74H,6-7,12-13,18-19,24-25,30,33,36,39,42,45-46,48,50-52,54,56-58,60,62-73H2,1-5H3/b10-8-,11-9-,16-14-,17-15-,22-20-,23-21-,28-26-,29-27-,32-31-,35-34-,38-37-,41-40-,44-43-,49-47-,55-53-,61-59-. The highest BCUT2D eigenvalue weighted by Crippen LogP contribution is 2.38. The Labute approximate surface area is 526 Å². The molecule has 0 saturated heterocycles. The summed E-state index contributed by atoms with van der Waals surface area (Å²) in [4.78, 5) is 38.0. The Kier molecular flexibility index (Phi) is 60.5. The molecule has 482 valence electrons. The maximum atomic E-state index is 12.8. The molecule has 0 spiro atoms. The maximum absolute atomic E-state index is 12.8. The van der Waals surface area contributed by atoms with Gasteiger partial charge in [0.1, 0.15) is 19.8 Å². The third kappa shape index (κ3) is 68.0. The number of phosphoric acid groups is 1. The molecule has 0 fully saturated rings. The quantitative estimate of drug-likeness (QED) is 0.0195. The van der Waals surface area contributed by atoms with E-state index in [9.17, 15) is 19.0 Å². The molecule has 10 heteroatoms. The number of ether oxygens (including phenoxy) is 2. The molecule has 2 atom stereocenters. The number of phosphoric ester groups is 1. The lowest BCUT2D eigenvalue weighted by molar-refractivity contribution is -0.870. The van der Waals surface area contributed by atoms with E-state index in [4.69, 9.17) is 18.5 Å². The maximum Gasteiger partial charge on any atom is 0.306 e. The average molecular weight is 1210 g/mol. The number of esters is 2. The number of nitrogens with zero attached hydrogens (tertiary/aromatic N) is 1. The van der Waals surface area contributed by atoms with Crippen LogP contribution in [0.25, 0.3) is 0 Å². The lowest BCUT2D eigenvalue weighted by Crippen LogP contribution is -2.37. The second-order valence-electron chi connectivity index (χ2n) is 22.4. The van der Waals surface area contributed by atoms with E-state index in [0.29, 0.717) is 23.9 Å². The van der Waals surface area contributed by atoms with Crippen molar-refractivity contribution < 1.29 is 42.1 Å². The average Bonchev–Trinajstić information content (AvgIpc) is 3.56. The van der Waals surface area contributed by atoms with Crippen LogP contribution in [0.1, 0.15) is 219 Å². The smallest absolute Gasteiger partial charge is 0.306 e. The first kappa shape index (κ1) is 80.8. The summed E-state index contributed by atoms with van der Waals surface area (Å²) in [5.41, 5.74) is 0. The molecule has 0 saturated carbocycles. The topological polar surface area (TPSA) is 111 Å². The number of hydrogen-bond acceptors (Lipinski definition) is 8. The van der Waals surface area contributed by atoms with Gasteiger partial charge in [-0.25, -0.2) is 0 Å². The Morgan fingerprint density at radius 3 is 0.953 bits per heavy atom. The molecule has 0 aliphatic heterocycles. The molecule has 0 aromatic heterocycles. The SMILES string of the molecule is CC/C=C\C/C=C\C/C=C\C/C=C\C/C=C\C/C=C\C/C=C\C/C=C\C/C=C\C/C=C\C/C=C\C/C=C\CCCCC(=O)OC(COC(=O)CCCCCCCCCCCC/C=C\C/C=C\C/C=C\C/C=C\CC)COP(=O)([O-])OCC[N+](C)(C)C. The van der Waals surface area contributed by atoms with Gasteiger partial charge < -0.3 is 27.9 Å². The Morgan fingerprint density at radius 1 is 0.360 bits per heavy atom. The van der Waals surface area contributed by atoms with Gasteiger partial charge in [-0.2, -0.15) is 0 Å². The third-order valence-electron chi connectivity index (χ3n) is 13.1. The van der Waals surface area contributed by atoms with Gasteiger partial charge in [-0.1, -0.05) is 260 Å². The summed E-state index contributed by atoms with van der Waals surface area (Å²) < 4.78 is 34.2. The molecule has 9 nitrogen and oxygen atoms in total. The molecule has 0 N–H and O–H groups in total. The zero-order chi connectivity index (χ0) is 62.6. The number of carbonyl (C=O) groups excluding carboxylic acids is 2. The van der Waals surface area contributed by atoms with Crippen molar-refractivity contribution in [3.8, 4) is 0 Å². The van der Waals surface area contributed by atoms with Crippen molar-refractivity contribution in [2.24, 2.45) is 0 Å². The normalized spacial score (nSPS) is 14.4. The molecule has 0 aliphatic rings. The van der Waals surface area contributed by atoms with Crippen LogP contribution in [0.15, 0.2) is 194 Å². The molecule has 2 unspecified atom stereocenters. The first-order valence-electron chi connectivity index (χ1n) is 33.1. The van der Waals surface area contributed by atoms with Crippen molar-refractivity contribution >= 4 is 19.8 Å². The second kappa shape index (κ2) is 64.3. The molecule has 0 aliphatic carbocycles. The number of quaternary nitrogens is 1. The summed E-state index contributed by atoms with van der Waals surface area (Å²) in [6.07, 6.45) is 101. The van der Waals surface area contributed by atoms with Crippen LogP contribution in [-0.4, -0.2) is 70.0 Å². The molecular weight excluding hydrogens is 1090 g/mol. The molecule has 0 heterocycles. The third-order valence-corrected chi connectivity index (χ3v) is 14.1. The predicted octanol–water partition coefficient (Wildman–Crippen LogP) is 21.1. The first-order chi connectivity index (χ1) is 42.0. The van der Waals surface area contributed by atoms with Crippen LogP contribution < -0.4 is 4.89 Å². The van der Waals surface area contributed by atoms with Crippen molar-refractivity contribution in [1.29, 1.82) is 0 Å². The minimum atomic E-state index is -4.67. The molecule has 0 aromatic carbocycles. The van der Waals surface area contributed by atoms with E-state index in [2.05, 4.69) is 208 Å². The van der Waals surface area contributed by atoms with Gasteiger partial charge in [-0.05, 0) is 141 Å². The molecular formula is C76H120NO8P. The molecule has 0 aromatic rings. The van der Waals surface area contributed by atoms with Gasteiger partial charge in [0.05, 0.1) is 27.7 Å². The van der Waals surface area contributed by atoms with E-state index in [-0.39, 0.29) is 26.1 Å². The number of likely N-dealkylation sites (N-methyl/N-ethyl adjacent to an activating group) is 1. The van der Waals surface area contributed by atoms with E-state index < -0.39 is 32.5 Å². The van der Waals surface area contributed by atoms with E-state index in [1.165, 1.54) is 38.5 Å². The zero-order valence-electron chi connectivity index (χ0n) is 54.7. The zero-order valence-corrected chi connectivity index (χ0v) is 55.6. The number of carbonyl (C=O) groups is 2. The number of unbranched alkanes of at least 4 members (excludes halogenated alkanes) is 12.